The molecule has 0 fully saturated rings. The molecule has 0 bridgehead atoms. The smallest absolute Gasteiger partial charge is 0.870 e. The van der Waals surface area contributed by atoms with Gasteiger partial charge in [0.25, 0.3) is 0 Å². The fraction of sp³-hybridized carbons (Fsp3) is 0. The molecule has 6 N–H and O–H groups in total. The van der Waals surface area contributed by atoms with Crippen molar-refractivity contribution in [3.05, 3.63) is 0 Å². The first-order valence-corrected chi connectivity index (χ1v) is 1.19. The van der Waals surface area contributed by atoms with E-state index < -0.39 is 0 Å². The van der Waals surface area contributed by atoms with E-state index in [1.165, 1.54) is 0 Å². The van der Waals surface area contributed by atoms with Crippen LogP contribution in [-0.4, -0.2) is 64.9 Å². The summed E-state index contributed by atoms with van der Waals surface area (Å²) in [5, 5.41) is 0.000000000000000222. The van der Waals surface area contributed by atoms with Crippen molar-refractivity contribution in [1.82, 2.24) is 0 Å². The minimum Gasteiger partial charge on any atom is -0.870 e. The van der Waals surface area contributed by atoms with Gasteiger partial charge in [-0.1, -0.05) is 0 Å². The first-order valence-electron chi connectivity index (χ1n) is 0.781. The summed E-state index contributed by atoms with van der Waals surface area (Å²) in [7, 11) is 0. The Morgan fingerprint density at radius 2 is 1.14 bits per heavy atom. The molecule has 6 heteroatoms. The fourth-order valence-electron chi connectivity index (χ4n) is 0. The van der Waals surface area contributed by atoms with Crippen LogP contribution in [0.3, 0.4) is 0 Å². The van der Waals surface area contributed by atoms with Crippen LogP contribution in [0.4, 0.5) is 0 Å². The summed E-state index contributed by atoms with van der Waals surface area (Å²) < 4.78 is 0. The number of nitrogens with two attached hydrogens (primary N) is 2. The average Bonchev–Trinajstić information content (AvgIpc) is 0.811. The maximum atomic E-state index is 4.62. The van der Waals surface area contributed by atoms with Crippen molar-refractivity contribution in [3.63, 3.8) is 0 Å². The molecule has 0 amide bonds. The van der Waals surface area contributed by atoms with Gasteiger partial charge in [-0.25, -0.2) is 0 Å². The van der Waals surface area contributed by atoms with E-state index in [1.54, 1.807) is 0 Å². The SMILES string of the molecule is NC(N)=S.[Ba+2].[OH-].[OH-]. The molecule has 0 aromatic carbocycles. The Kier molecular flexibility index (Phi) is 54.1. The third kappa shape index (κ3) is 138. The molecule has 0 unspecified atom stereocenters. The van der Waals surface area contributed by atoms with E-state index in [2.05, 4.69) is 23.7 Å². The zero-order chi connectivity index (χ0) is 3.58. The van der Waals surface area contributed by atoms with Gasteiger partial charge in [-0.15, -0.1) is 0 Å². The number of hydrogen-bond acceptors (Lipinski definition) is 3. The Labute approximate surface area is 87.3 Å². The summed E-state index contributed by atoms with van der Waals surface area (Å²) >= 11 is 4.09. The van der Waals surface area contributed by atoms with Gasteiger partial charge in [0.2, 0.25) is 0 Å². The largest absolute Gasteiger partial charge is 2.00 e. The minimum atomic E-state index is 0. The summed E-state index contributed by atoms with van der Waals surface area (Å²) in [5.41, 5.74) is 9.24. The van der Waals surface area contributed by atoms with Gasteiger partial charge in [0.05, 0.1) is 0 Å². The van der Waals surface area contributed by atoms with E-state index in [9.17, 15) is 0 Å². The Morgan fingerprint density at radius 1 is 1.14 bits per heavy atom. The van der Waals surface area contributed by atoms with Crippen molar-refractivity contribution in [1.29, 1.82) is 0 Å². The monoisotopic (exact) mass is 248 g/mol. The van der Waals surface area contributed by atoms with E-state index in [1.807, 2.05) is 0 Å². The first-order chi connectivity index (χ1) is 1.73. The molecule has 0 aromatic rings. The number of thiocarbonyl (C=S) groups is 1. The van der Waals surface area contributed by atoms with Crippen LogP contribution in [-0.2, 0) is 0 Å². The molecule has 0 saturated heterocycles. The van der Waals surface area contributed by atoms with Gasteiger partial charge < -0.3 is 22.4 Å². The van der Waals surface area contributed by atoms with Crippen molar-refractivity contribution >= 4 is 66.2 Å². The standard InChI is InChI=1S/CH4N2S.Ba.2H2O/c2-1(3)4;;;/h(H4,2,3,4);;2*1H2/q;+2;;/p-2. The van der Waals surface area contributed by atoms with Crippen LogP contribution < -0.4 is 11.5 Å². The van der Waals surface area contributed by atoms with E-state index in [0.717, 1.165) is 0 Å². The van der Waals surface area contributed by atoms with Crippen LogP contribution in [0.15, 0.2) is 0 Å². The van der Waals surface area contributed by atoms with Gasteiger partial charge in [-0.3, -0.25) is 0 Å². The van der Waals surface area contributed by atoms with Crippen LogP contribution in [0, 0.1) is 0 Å². The van der Waals surface area contributed by atoms with Gasteiger partial charge in [0, 0.05) is 0 Å². The summed E-state index contributed by atoms with van der Waals surface area (Å²) in [6.07, 6.45) is 0. The molecule has 40 valence electrons. The van der Waals surface area contributed by atoms with Crippen LogP contribution in [0.5, 0.6) is 0 Å². The van der Waals surface area contributed by atoms with Crippen molar-refractivity contribution in [2.45, 2.75) is 0 Å². The average molecular weight is 247 g/mol. The molecule has 7 heavy (non-hydrogen) atoms. The second-order valence-electron chi connectivity index (χ2n) is 0.402. The number of rotatable bonds is 0. The molecular formula is CH6BaN2O2S. The summed E-state index contributed by atoms with van der Waals surface area (Å²) in [4.78, 5) is 0. The molecule has 0 saturated carbocycles. The molecule has 0 aliphatic rings. The minimum absolute atomic E-state index is 0. The van der Waals surface area contributed by atoms with Crippen molar-refractivity contribution in [3.8, 4) is 0 Å². The Bertz CT molecular complexity index is 38.7. The van der Waals surface area contributed by atoms with Gasteiger partial charge in [-0.05, 0) is 12.2 Å². The molecular weight excluding hydrogens is 241 g/mol. The molecule has 0 aliphatic carbocycles. The van der Waals surface area contributed by atoms with Crippen molar-refractivity contribution in [2.75, 3.05) is 0 Å². The Morgan fingerprint density at radius 3 is 1.14 bits per heavy atom. The van der Waals surface area contributed by atoms with E-state index >= 15 is 0 Å². The Balaban J connectivity index is -0.0000000150. The molecule has 0 heterocycles. The van der Waals surface area contributed by atoms with Gasteiger partial charge in [0.15, 0.2) is 5.11 Å². The van der Waals surface area contributed by atoms with Crippen LogP contribution in [0.2, 0.25) is 0 Å². The third-order valence-corrected chi connectivity index (χ3v) is 0. The van der Waals surface area contributed by atoms with Gasteiger partial charge in [0.1, 0.15) is 0 Å². The van der Waals surface area contributed by atoms with Gasteiger partial charge >= 0.3 is 48.9 Å². The van der Waals surface area contributed by atoms with E-state index in [0.29, 0.717) is 0 Å². The van der Waals surface area contributed by atoms with E-state index in [4.69, 9.17) is 0 Å². The Hall–Kier alpha value is 1.18. The van der Waals surface area contributed by atoms with Crippen molar-refractivity contribution in [2.24, 2.45) is 11.5 Å². The predicted molar refractivity (Wildman–Crippen MR) is 30.6 cm³/mol. The first kappa shape index (κ1) is 24.1. The molecule has 0 atom stereocenters. The topological polar surface area (TPSA) is 112 Å². The molecule has 4 nitrogen and oxygen atoms in total. The molecule has 0 radical (unpaired) electrons. The van der Waals surface area contributed by atoms with Crippen LogP contribution in [0.25, 0.3) is 0 Å². The summed E-state index contributed by atoms with van der Waals surface area (Å²) in [6, 6.07) is 0. The summed E-state index contributed by atoms with van der Waals surface area (Å²) in [5.74, 6) is 0. The predicted octanol–water partition coefficient (Wildman–Crippen LogP) is -1.55. The second kappa shape index (κ2) is 15.7. The molecule has 0 aliphatic heterocycles. The van der Waals surface area contributed by atoms with Crippen LogP contribution in [0.1, 0.15) is 0 Å². The summed E-state index contributed by atoms with van der Waals surface area (Å²) in [6.45, 7) is 0. The maximum Gasteiger partial charge on any atom is 2.00 e. The van der Waals surface area contributed by atoms with Crippen molar-refractivity contribution < 1.29 is 11.0 Å². The third-order valence-electron chi connectivity index (χ3n) is 0. The second-order valence-corrected chi connectivity index (χ2v) is 0.874. The fourth-order valence-corrected chi connectivity index (χ4v) is 0. The van der Waals surface area contributed by atoms with E-state index in [-0.39, 0.29) is 64.9 Å². The van der Waals surface area contributed by atoms with Gasteiger partial charge in [-0.2, -0.15) is 0 Å². The maximum absolute atomic E-state index is 4.62. The zero-order valence-electron chi connectivity index (χ0n) is 3.66. The quantitative estimate of drug-likeness (QED) is 0.398. The molecule has 0 spiro atoms. The van der Waals surface area contributed by atoms with Crippen LogP contribution >= 0.6 is 12.2 Å². The molecule has 0 rings (SSSR count). The number of hydrogen-bond donors (Lipinski definition) is 2. The normalized spacial score (nSPS) is 3.43. The molecule has 0 aromatic heterocycles. The zero-order valence-corrected chi connectivity index (χ0v) is 8.92.